The van der Waals surface area contributed by atoms with Gasteiger partial charge in [0.2, 0.25) is 0 Å². The van der Waals surface area contributed by atoms with Crippen molar-refractivity contribution in [3.8, 4) is 0 Å². The number of anilines is 1. The fourth-order valence-corrected chi connectivity index (χ4v) is 2.92. The van der Waals surface area contributed by atoms with Crippen LogP contribution in [0, 0.1) is 5.82 Å². The van der Waals surface area contributed by atoms with E-state index in [0.29, 0.717) is 5.69 Å². The van der Waals surface area contributed by atoms with Crippen molar-refractivity contribution < 1.29 is 18.7 Å². The van der Waals surface area contributed by atoms with Gasteiger partial charge in [-0.3, -0.25) is 14.0 Å². The number of amides is 1. The summed E-state index contributed by atoms with van der Waals surface area (Å²) in [7, 11) is 0. The molecule has 1 amide bonds. The van der Waals surface area contributed by atoms with E-state index in [4.69, 9.17) is 16.3 Å². The SMILES string of the molecule is O=C(COC(=O)Cc1cn2ccsc2n1)Nc1ccc(F)cc1Cl. The van der Waals surface area contributed by atoms with Crippen LogP contribution in [0.3, 0.4) is 0 Å². The minimum absolute atomic E-state index is 0.0288. The Labute approximate surface area is 144 Å². The maximum Gasteiger partial charge on any atom is 0.312 e. The number of imidazole rings is 1. The number of aromatic nitrogens is 2. The second-order valence-electron chi connectivity index (χ2n) is 4.83. The zero-order valence-corrected chi connectivity index (χ0v) is 13.7. The molecule has 1 aromatic carbocycles. The van der Waals surface area contributed by atoms with Crippen molar-refractivity contribution in [3.63, 3.8) is 0 Å². The first-order valence-electron chi connectivity index (χ1n) is 6.83. The van der Waals surface area contributed by atoms with Gasteiger partial charge >= 0.3 is 5.97 Å². The van der Waals surface area contributed by atoms with Crippen LogP contribution in [0.1, 0.15) is 5.69 Å². The average Bonchev–Trinajstić information content (AvgIpc) is 3.09. The molecule has 0 bridgehead atoms. The van der Waals surface area contributed by atoms with Gasteiger partial charge < -0.3 is 10.1 Å². The number of hydrogen-bond acceptors (Lipinski definition) is 5. The van der Waals surface area contributed by atoms with Gasteiger partial charge in [0.25, 0.3) is 5.91 Å². The standard InChI is InChI=1S/C15H11ClFN3O3S/c16-11-5-9(17)1-2-12(11)19-13(21)8-23-14(22)6-10-7-20-3-4-24-15(20)18-10/h1-5,7H,6,8H2,(H,19,21). The zero-order chi connectivity index (χ0) is 17.1. The third-order valence-electron chi connectivity index (χ3n) is 3.04. The molecule has 6 nitrogen and oxygen atoms in total. The predicted octanol–water partition coefficient (Wildman–Crippen LogP) is 2.91. The minimum Gasteiger partial charge on any atom is -0.455 e. The van der Waals surface area contributed by atoms with Crippen LogP contribution in [0.4, 0.5) is 10.1 Å². The third-order valence-corrected chi connectivity index (χ3v) is 4.12. The number of rotatable bonds is 5. The van der Waals surface area contributed by atoms with Crippen molar-refractivity contribution in [1.82, 2.24) is 9.38 Å². The number of hydrogen-bond donors (Lipinski definition) is 1. The summed E-state index contributed by atoms with van der Waals surface area (Å²) in [6.45, 7) is -0.464. The summed E-state index contributed by atoms with van der Waals surface area (Å²) >= 11 is 7.25. The van der Waals surface area contributed by atoms with Crippen molar-refractivity contribution in [2.24, 2.45) is 0 Å². The Morgan fingerprint density at radius 2 is 2.25 bits per heavy atom. The van der Waals surface area contributed by atoms with Gasteiger partial charge in [0, 0.05) is 17.8 Å². The summed E-state index contributed by atoms with van der Waals surface area (Å²) in [6.07, 6.45) is 3.53. The topological polar surface area (TPSA) is 72.7 Å². The van der Waals surface area contributed by atoms with Crippen molar-refractivity contribution in [1.29, 1.82) is 0 Å². The fraction of sp³-hybridized carbons (Fsp3) is 0.133. The number of esters is 1. The summed E-state index contributed by atoms with van der Waals surface area (Å²) < 4.78 is 19.6. The van der Waals surface area contributed by atoms with Crippen LogP contribution in [0.2, 0.25) is 5.02 Å². The minimum atomic E-state index is -0.568. The number of thiazole rings is 1. The second kappa shape index (κ2) is 6.98. The number of carbonyl (C=O) groups is 2. The average molecular weight is 368 g/mol. The summed E-state index contributed by atoms with van der Waals surface area (Å²) in [5, 5.41) is 4.39. The molecule has 0 fully saturated rings. The maximum absolute atomic E-state index is 12.9. The Balaban J connectivity index is 1.50. The number of carbonyl (C=O) groups excluding carboxylic acids is 2. The molecule has 0 spiro atoms. The lowest BCUT2D eigenvalue weighted by atomic mass is 10.3. The van der Waals surface area contributed by atoms with E-state index in [1.807, 2.05) is 11.6 Å². The number of benzene rings is 1. The molecule has 24 heavy (non-hydrogen) atoms. The summed E-state index contributed by atoms with van der Waals surface area (Å²) in [4.78, 5) is 28.5. The smallest absolute Gasteiger partial charge is 0.312 e. The van der Waals surface area contributed by atoms with Gasteiger partial charge in [-0.25, -0.2) is 9.37 Å². The molecule has 3 rings (SSSR count). The van der Waals surface area contributed by atoms with Crippen LogP contribution < -0.4 is 5.32 Å². The largest absolute Gasteiger partial charge is 0.455 e. The molecule has 0 radical (unpaired) electrons. The summed E-state index contributed by atoms with van der Waals surface area (Å²) in [5.41, 5.74) is 0.808. The van der Waals surface area contributed by atoms with Gasteiger partial charge in [0.1, 0.15) is 5.82 Å². The molecule has 0 unspecified atom stereocenters. The van der Waals surface area contributed by atoms with E-state index in [-0.39, 0.29) is 17.1 Å². The maximum atomic E-state index is 12.9. The van der Waals surface area contributed by atoms with Crippen LogP contribution in [-0.4, -0.2) is 27.9 Å². The number of ether oxygens (including phenoxy) is 1. The highest BCUT2D eigenvalue weighted by Gasteiger charge is 2.12. The second-order valence-corrected chi connectivity index (χ2v) is 6.12. The molecule has 0 saturated carbocycles. The van der Waals surface area contributed by atoms with E-state index in [1.165, 1.54) is 17.4 Å². The highest BCUT2D eigenvalue weighted by atomic mass is 35.5. The van der Waals surface area contributed by atoms with Crippen molar-refractivity contribution >= 4 is 45.5 Å². The lowest BCUT2D eigenvalue weighted by Gasteiger charge is -2.07. The molecule has 2 heterocycles. The van der Waals surface area contributed by atoms with E-state index in [1.54, 1.807) is 10.6 Å². The summed E-state index contributed by atoms with van der Waals surface area (Å²) in [5.74, 6) is -1.65. The van der Waals surface area contributed by atoms with Gasteiger partial charge in [-0.15, -0.1) is 11.3 Å². The Morgan fingerprint density at radius 3 is 3.00 bits per heavy atom. The van der Waals surface area contributed by atoms with E-state index in [9.17, 15) is 14.0 Å². The fourth-order valence-electron chi connectivity index (χ4n) is 1.98. The molecule has 124 valence electrons. The molecule has 2 aromatic heterocycles. The Bertz CT molecular complexity index is 880. The molecule has 0 saturated heterocycles. The molecule has 1 N–H and O–H groups in total. The lowest BCUT2D eigenvalue weighted by molar-refractivity contribution is -0.146. The van der Waals surface area contributed by atoms with E-state index < -0.39 is 24.3 Å². The molecule has 0 atom stereocenters. The number of nitrogens with one attached hydrogen (secondary N) is 1. The van der Waals surface area contributed by atoms with E-state index in [2.05, 4.69) is 10.3 Å². The highest BCUT2D eigenvalue weighted by molar-refractivity contribution is 7.15. The highest BCUT2D eigenvalue weighted by Crippen LogP contribution is 2.22. The molecule has 0 aliphatic carbocycles. The quantitative estimate of drug-likeness (QED) is 0.704. The van der Waals surface area contributed by atoms with Crippen molar-refractivity contribution in [3.05, 3.63) is 52.5 Å². The van der Waals surface area contributed by atoms with E-state index >= 15 is 0 Å². The summed E-state index contributed by atoms with van der Waals surface area (Å²) in [6, 6.07) is 3.57. The van der Waals surface area contributed by atoms with Crippen LogP contribution in [0.15, 0.2) is 36.0 Å². The molecule has 9 heteroatoms. The first kappa shape index (κ1) is 16.4. The first-order valence-corrected chi connectivity index (χ1v) is 8.08. The van der Waals surface area contributed by atoms with Crippen LogP contribution in [0.25, 0.3) is 4.96 Å². The molecular formula is C15H11ClFN3O3S. The van der Waals surface area contributed by atoms with Gasteiger partial charge in [0.15, 0.2) is 11.6 Å². The van der Waals surface area contributed by atoms with Crippen molar-refractivity contribution in [2.45, 2.75) is 6.42 Å². The first-order chi connectivity index (χ1) is 11.5. The van der Waals surface area contributed by atoms with Gasteiger partial charge in [-0.05, 0) is 18.2 Å². The monoisotopic (exact) mass is 367 g/mol. The lowest BCUT2D eigenvalue weighted by Crippen LogP contribution is -2.21. The molecule has 0 aliphatic heterocycles. The van der Waals surface area contributed by atoms with Gasteiger partial charge in [-0.2, -0.15) is 0 Å². The molecule has 0 aliphatic rings. The van der Waals surface area contributed by atoms with E-state index in [0.717, 1.165) is 17.1 Å². The zero-order valence-electron chi connectivity index (χ0n) is 12.2. The van der Waals surface area contributed by atoms with Crippen LogP contribution >= 0.6 is 22.9 Å². The molecule has 3 aromatic rings. The predicted molar refractivity (Wildman–Crippen MR) is 87.8 cm³/mol. The third kappa shape index (κ3) is 3.90. The van der Waals surface area contributed by atoms with Crippen LogP contribution in [0.5, 0.6) is 0 Å². The molecular weight excluding hydrogens is 357 g/mol. The number of halogens is 2. The van der Waals surface area contributed by atoms with Crippen LogP contribution in [-0.2, 0) is 20.7 Å². The Morgan fingerprint density at radius 1 is 1.42 bits per heavy atom. The Hall–Kier alpha value is -2.45. The Kier molecular flexibility index (Phi) is 4.77. The normalized spacial score (nSPS) is 10.8. The number of nitrogens with zero attached hydrogens (tertiary/aromatic N) is 2. The van der Waals surface area contributed by atoms with Gasteiger partial charge in [0.05, 0.1) is 22.8 Å². The van der Waals surface area contributed by atoms with Crippen molar-refractivity contribution in [2.75, 3.05) is 11.9 Å². The van der Waals surface area contributed by atoms with Gasteiger partial charge in [-0.1, -0.05) is 11.6 Å². The number of fused-ring (bicyclic) bond motifs is 1.